The Labute approximate surface area is 122 Å². The molecule has 2 aromatic rings. The average Bonchev–Trinajstić information content (AvgIpc) is 2.64. The van der Waals surface area contributed by atoms with Crippen LogP contribution in [0, 0.1) is 5.92 Å². The van der Waals surface area contributed by atoms with Crippen LogP contribution in [-0.4, -0.2) is 28.3 Å². The topological polar surface area (TPSA) is 78.4 Å². The maximum atomic E-state index is 11.9. The number of rotatable bonds is 2. The minimum absolute atomic E-state index is 0.139. The third-order valence-electron chi connectivity index (χ3n) is 3.98. The van der Waals surface area contributed by atoms with Crippen LogP contribution in [0.2, 0.25) is 0 Å². The molecule has 1 fully saturated rings. The summed E-state index contributed by atoms with van der Waals surface area (Å²) in [6.07, 6.45) is 2.18. The molecule has 1 aliphatic rings. The molecule has 0 spiro atoms. The normalized spacial score (nSPS) is 16.2. The smallest absolute Gasteiger partial charge is 0.315 e. The standard InChI is InChI=1S/C15H18N4O2/c1-10-6-8-19(9-7-10)14-11-4-2-3-5-12(11)16-15(20)13(17-14)18-21/h2-5,10,21H,6-9H2,1H3,(H,16,17,18,20). The summed E-state index contributed by atoms with van der Waals surface area (Å²) in [6, 6.07) is 7.43. The number of piperidine rings is 1. The summed E-state index contributed by atoms with van der Waals surface area (Å²) in [7, 11) is 0. The molecule has 1 aliphatic heterocycles. The van der Waals surface area contributed by atoms with Crippen LogP contribution < -0.4 is 15.9 Å². The third kappa shape index (κ3) is 2.67. The molecule has 3 rings (SSSR count). The highest BCUT2D eigenvalue weighted by atomic mass is 16.5. The van der Waals surface area contributed by atoms with Gasteiger partial charge in [0.05, 0.1) is 5.52 Å². The Morgan fingerprint density at radius 2 is 1.95 bits per heavy atom. The lowest BCUT2D eigenvalue weighted by molar-refractivity contribution is 0.384. The first-order valence-corrected chi connectivity index (χ1v) is 7.15. The summed E-state index contributed by atoms with van der Waals surface area (Å²) in [5, 5.41) is 9.95. The number of benzene rings is 1. The van der Waals surface area contributed by atoms with Gasteiger partial charge in [0.15, 0.2) is 0 Å². The maximum Gasteiger partial charge on any atom is 0.315 e. The van der Waals surface area contributed by atoms with Crippen molar-refractivity contribution in [1.82, 2.24) is 9.97 Å². The van der Waals surface area contributed by atoms with Crippen LogP contribution in [0.25, 0.3) is 10.9 Å². The van der Waals surface area contributed by atoms with Crippen LogP contribution in [0.15, 0.2) is 29.1 Å². The third-order valence-corrected chi connectivity index (χ3v) is 3.98. The van der Waals surface area contributed by atoms with Crippen molar-refractivity contribution >= 4 is 22.5 Å². The molecule has 0 saturated carbocycles. The van der Waals surface area contributed by atoms with E-state index in [0.717, 1.165) is 31.3 Å². The lowest BCUT2D eigenvalue weighted by Crippen LogP contribution is -2.33. The Kier molecular flexibility index (Phi) is 3.70. The van der Waals surface area contributed by atoms with Crippen LogP contribution in [0.4, 0.5) is 11.6 Å². The van der Waals surface area contributed by atoms with Gasteiger partial charge in [-0.05, 0) is 30.9 Å². The molecule has 110 valence electrons. The van der Waals surface area contributed by atoms with Crippen LogP contribution in [0.1, 0.15) is 19.8 Å². The van der Waals surface area contributed by atoms with Gasteiger partial charge >= 0.3 is 5.56 Å². The van der Waals surface area contributed by atoms with E-state index in [9.17, 15) is 4.79 Å². The van der Waals surface area contributed by atoms with E-state index < -0.39 is 5.56 Å². The van der Waals surface area contributed by atoms with Crippen LogP contribution in [0.3, 0.4) is 0 Å². The monoisotopic (exact) mass is 286 g/mol. The summed E-state index contributed by atoms with van der Waals surface area (Å²) in [6.45, 7) is 4.02. The molecule has 1 saturated heterocycles. The second-order valence-corrected chi connectivity index (χ2v) is 5.50. The van der Waals surface area contributed by atoms with E-state index >= 15 is 0 Å². The molecule has 21 heavy (non-hydrogen) atoms. The van der Waals surface area contributed by atoms with Crippen molar-refractivity contribution in [3.05, 3.63) is 34.6 Å². The maximum absolute atomic E-state index is 11.9. The zero-order valence-corrected chi connectivity index (χ0v) is 11.9. The van der Waals surface area contributed by atoms with E-state index in [1.165, 1.54) is 0 Å². The van der Waals surface area contributed by atoms with Gasteiger partial charge in [-0.25, -0.2) is 15.4 Å². The number of anilines is 2. The van der Waals surface area contributed by atoms with Gasteiger partial charge in [-0.3, -0.25) is 10.0 Å². The second-order valence-electron chi connectivity index (χ2n) is 5.50. The molecule has 2 heterocycles. The van der Waals surface area contributed by atoms with Gasteiger partial charge in [0.25, 0.3) is 0 Å². The van der Waals surface area contributed by atoms with Crippen molar-refractivity contribution in [2.75, 3.05) is 23.5 Å². The van der Waals surface area contributed by atoms with Crippen LogP contribution in [-0.2, 0) is 0 Å². The largest absolute Gasteiger partial charge is 0.356 e. The summed E-state index contributed by atoms with van der Waals surface area (Å²) in [5.74, 6) is 1.26. The fourth-order valence-corrected chi connectivity index (χ4v) is 2.67. The van der Waals surface area contributed by atoms with E-state index in [2.05, 4.69) is 21.8 Å². The van der Waals surface area contributed by atoms with Gasteiger partial charge in [0.1, 0.15) is 5.82 Å². The van der Waals surface area contributed by atoms with Gasteiger partial charge in [-0.1, -0.05) is 19.1 Å². The molecule has 2 N–H and O–H groups in total. The van der Waals surface area contributed by atoms with Crippen molar-refractivity contribution in [3.63, 3.8) is 0 Å². The Morgan fingerprint density at radius 3 is 2.67 bits per heavy atom. The highest BCUT2D eigenvalue weighted by Gasteiger charge is 2.19. The fraction of sp³-hybridized carbons (Fsp3) is 0.400. The van der Waals surface area contributed by atoms with Gasteiger partial charge in [-0.15, -0.1) is 0 Å². The molecule has 0 aliphatic carbocycles. The second kappa shape index (κ2) is 5.65. The summed E-state index contributed by atoms with van der Waals surface area (Å²) >= 11 is 0. The van der Waals surface area contributed by atoms with E-state index in [1.54, 1.807) is 6.07 Å². The zero-order valence-electron chi connectivity index (χ0n) is 11.9. The SMILES string of the molecule is CC1CCN(c2nc(NO)c(=O)nc3ccccc23)CC1. The predicted octanol–water partition coefficient (Wildman–Crippen LogP) is 2.03. The van der Waals surface area contributed by atoms with Crippen LogP contribution in [0.5, 0.6) is 0 Å². The number of nitrogens with zero attached hydrogens (tertiary/aromatic N) is 3. The van der Waals surface area contributed by atoms with Gasteiger partial charge < -0.3 is 4.90 Å². The number of fused-ring (bicyclic) bond motifs is 1. The quantitative estimate of drug-likeness (QED) is 0.822. The number of nitrogens with one attached hydrogen (secondary N) is 1. The summed E-state index contributed by atoms with van der Waals surface area (Å²) in [4.78, 5) is 22.4. The Balaban J connectivity index is 2.20. The average molecular weight is 286 g/mol. The first-order chi connectivity index (χ1) is 10.2. The first-order valence-electron chi connectivity index (χ1n) is 7.15. The number of para-hydroxylation sites is 1. The molecular weight excluding hydrogens is 268 g/mol. The molecular formula is C15H18N4O2. The molecule has 0 unspecified atom stereocenters. The van der Waals surface area contributed by atoms with E-state index in [4.69, 9.17) is 5.21 Å². The number of aromatic nitrogens is 2. The van der Waals surface area contributed by atoms with Crippen molar-refractivity contribution in [2.24, 2.45) is 5.92 Å². The van der Waals surface area contributed by atoms with Crippen molar-refractivity contribution in [3.8, 4) is 0 Å². The summed E-state index contributed by atoms with van der Waals surface area (Å²) in [5.41, 5.74) is 1.89. The highest BCUT2D eigenvalue weighted by molar-refractivity contribution is 5.89. The van der Waals surface area contributed by atoms with Crippen molar-refractivity contribution in [2.45, 2.75) is 19.8 Å². The molecule has 6 heteroatoms. The molecule has 0 radical (unpaired) electrons. The zero-order chi connectivity index (χ0) is 14.8. The molecule has 1 aromatic heterocycles. The first kappa shape index (κ1) is 13.8. The van der Waals surface area contributed by atoms with E-state index in [-0.39, 0.29) is 5.82 Å². The minimum atomic E-state index is -0.565. The summed E-state index contributed by atoms with van der Waals surface area (Å²) < 4.78 is 0. The highest BCUT2D eigenvalue weighted by Crippen LogP contribution is 2.27. The lowest BCUT2D eigenvalue weighted by Gasteiger charge is -2.31. The Morgan fingerprint density at radius 1 is 1.24 bits per heavy atom. The Bertz CT molecular complexity index is 712. The molecule has 0 atom stereocenters. The number of hydrogen-bond acceptors (Lipinski definition) is 6. The van der Waals surface area contributed by atoms with Gasteiger partial charge in [0, 0.05) is 18.5 Å². The molecule has 1 aromatic carbocycles. The van der Waals surface area contributed by atoms with E-state index in [0.29, 0.717) is 17.3 Å². The fourth-order valence-electron chi connectivity index (χ4n) is 2.67. The molecule has 6 nitrogen and oxygen atoms in total. The van der Waals surface area contributed by atoms with Crippen LogP contribution >= 0.6 is 0 Å². The predicted molar refractivity (Wildman–Crippen MR) is 81.8 cm³/mol. The Hall–Kier alpha value is -2.21. The number of hydrogen-bond donors (Lipinski definition) is 2. The molecule has 0 amide bonds. The lowest BCUT2D eigenvalue weighted by atomic mass is 9.99. The van der Waals surface area contributed by atoms with Gasteiger partial charge in [-0.2, -0.15) is 0 Å². The van der Waals surface area contributed by atoms with Crippen molar-refractivity contribution < 1.29 is 5.21 Å². The van der Waals surface area contributed by atoms with Gasteiger partial charge in [0.2, 0.25) is 5.82 Å². The minimum Gasteiger partial charge on any atom is -0.356 e. The van der Waals surface area contributed by atoms with E-state index in [1.807, 2.05) is 23.7 Å². The van der Waals surface area contributed by atoms with Crippen molar-refractivity contribution in [1.29, 1.82) is 0 Å². The molecule has 0 bridgehead atoms.